The average molecular weight is 258 g/mol. The van der Waals surface area contributed by atoms with Gasteiger partial charge in [0.15, 0.2) is 0 Å². The quantitative estimate of drug-likeness (QED) is 0.812. The standard InChI is InChI=1S/C15H15FN2O/c1-9-5-3-4-6-13(9)18-15(19)12-8-11(17)7-10(2)14(12)16/h3-8H,17H2,1-2H3,(H,18,19). The van der Waals surface area contributed by atoms with Crippen LogP contribution in [0.1, 0.15) is 21.5 Å². The van der Waals surface area contributed by atoms with E-state index in [0.29, 0.717) is 16.9 Å². The minimum atomic E-state index is -0.541. The third kappa shape index (κ3) is 2.73. The molecule has 3 N–H and O–H groups in total. The number of hydrogen-bond acceptors (Lipinski definition) is 2. The highest BCUT2D eigenvalue weighted by atomic mass is 19.1. The number of nitrogen functional groups attached to an aromatic ring is 1. The van der Waals surface area contributed by atoms with E-state index in [4.69, 9.17) is 5.73 Å². The summed E-state index contributed by atoms with van der Waals surface area (Å²) >= 11 is 0. The van der Waals surface area contributed by atoms with Gasteiger partial charge in [0.05, 0.1) is 5.56 Å². The van der Waals surface area contributed by atoms with Crippen molar-refractivity contribution in [2.24, 2.45) is 0 Å². The topological polar surface area (TPSA) is 55.1 Å². The number of para-hydroxylation sites is 1. The van der Waals surface area contributed by atoms with E-state index in [-0.39, 0.29) is 5.56 Å². The molecule has 0 spiro atoms. The number of halogens is 1. The molecule has 2 aromatic carbocycles. The summed E-state index contributed by atoms with van der Waals surface area (Å²) in [5.74, 6) is -1.04. The Morgan fingerprint density at radius 3 is 2.53 bits per heavy atom. The van der Waals surface area contributed by atoms with Gasteiger partial charge in [-0.25, -0.2) is 4.39 Å². The highest BCUT2D eigenvalue weighted by molar-refractivity contribution is 6.05. The molecule has 0 aliphatic heterocycles. The van der Waals surface area contributed by atoms with Gasteiger partial charge >= 0.3 is 0 Å². The lowest BCUT2D eigenvalue weighted by molar-refractivity contribution is 0.102. The third-order valence-electron chi connectivity index (χ3n) is 2.91. The largest absolute Gasteiger partial charge is 0.399 e. The lowest BCUT2D eigenvalue weighted by atomic mass is 10.1. The van der Waals surface area contributed by atoms with Crippen LogP contribution in [-0.4, -0.2) is 5.91 Å². The van der Waals surface area contributed by atoms with E-state index in [2.05, 4.69) is 5.32 Å². The summed E-state index contributed by atoms with van der Waals surface area (Å²) in [7, 11) is 0. The summed E-state index contributed by atoms with van der Waals surface area (Å²) in [6.45, 7) is 3.45. The number of carbonyl (C=O) groups is 1. The van der Waals surface area contributed by atoms with Crippen LogP contribution in [-0.2, 0) is 0 Å². The zero-order valence-corrected chi connectivity index (χ0v) is 10.8. The first-order chi connectivity index (χ1) is 8.99. The van der Waals surface area contributed by atoms with E-state index in [1.807, 2.05) is 25.1 Å². The number of benzene rings is 2. The predicted molar refractivity (Wildman–Crippen MR) is 74.7 cm³/mol. The summed E-state index contributed by atoms with van der Waals surface area (Å²) in [4.78, 5) is 12.1. The van der Waals surface area contributed by atoms with Gasteiger partial charge in [0.25, 0.3) is 5.91 Å². The van der Waals surface area contributed by atoms with Crippen LogP contribution in [0.25, 0.3) is 0 Å². The van der Waals surface area contributed by atoms with Gasteiger partial charge < -0.3 is 11.1 Å². The number of amides is 1. The molecule has 0 bridgehead atoms. The third-order valence-corrected chi connectivity index (χ3v) is 2.91. The number of carbonyl (C=O) groups excluding carboxylic acids is 1. The molecule has 0 saturated heterocycles. The van der Waals surface area contributed by atoms with E-state index in [9.17, 15) is 9.18 Å². The number of nitrogens with two attached hydrogens (primary N) is 1. The van der Waals surface area contributed by atoms with E-state index in [1.165, 1.54) is 12.1 Å². The van der Waals surface area contributed by atoms with Crippen LogP contribution in [0.3, 0.4) is 0 Å². The lowest BCUT2D eigenvalue weighted by Crippen LogP contribution is -2.15. The molecule has 0 unspecified atom stereocenters. The van der Waals surface area contributed by atoms with Crippen molar-refractivity contribution >= 4 is 17.3 Å². The van der Waals surface area contributed by atoms with E-state index in [0.717, 1.165) is 5.56 Å². The van der Waals surface area contributed by atoms with Crippen molar-refractivity contribution in [2.75, 3.05) is 11.1 Å². The first-order valence-corrected chi connectivity index (χ1v) is 5.91. The van der Waals surface area contributed by atoms with Crippen LogP contribution in [0.5, 0.6) is 0 Å². The maximum absolute atomic E-state index is 13.9. The molecule has 2 aromatic rings. The smallest absolute Gasteiger partial charge is 0.258 e. The molecule has 0 radical (unpaired) electrons. The molecule has 98 valence electrons. The molecular weight excluding hydrogens is 243 g/mol. The second kappa shape index (κ2) is 5.10. The van der Waals surface area contributed by atoms with Gasteiger partial charge in [0.1, 0.15) is 5.82 Å². The van der Waals surface area contributed by atoms with Crippen LogP contribution in [0.2, 0.25) is 0 Å². The predicted octanol–water partition coefficient (Wildman–Crippen LogP) is 3.28. The monoisotopic (exact) mass is 258 g/mol. The van der Waals surface area contributed by atoms with E-state index >= 15 is 0 Å². The first kappa shape index (κ1) is 13.1. The van der Waals surface area contributed by atoms with Crippen LogP contribution in [0.15, 0.2) is 36.4 Å². The highest BCUT2D eigenvalue weighted by Gasteiger charge is 2.15. The summed E-state index contributed by atoms with van der Waals surface area (Å²) in [6.07, 6.45) is 0. The van der Waals surface area contributed by atoms with Crippen molar-refractivity contribution in [2.45, 2.75) is 13.8 Å². The fourth-order valence-corrected chi connectivity index (χ4v) is 1.87. The summed E-state index contributed by atoms with van der Waals surface area (Å²) in [5, 5.41) is 2.69. The van der Waals surface area contributed by atoms with Crippen LogP contribution in [0, 0.1) is 19.7 Å². The van der Waals surface area contributed by atoms with Gasteiger partial charge in [0.2, 0.25) is 0 Å². The molecule has 4 heteroatoms. The van der Waals surface area contributed by atoms with Gasteiger partial charge in [-0.05, 0) is 43.2 Å². The number of anilines is 2. The van der Waals surface area contributed by atoms with Crippen molar-refractivity contribution in [3.8, 4) is 0 Å². The molecular formula is C15H15FN2O. The molecule has 1 amide bonds. The number of aryl methyl sites for hydroxylation is 2. The van der Waals surface area contributed by atoms with E-state index < -0.39 is 11.7 Å². The maximum Gasteiger partial charge on any atom is 0.258 e. The molecule has 19 heavy (non-hydrogen) atoms. The van der Waals surface area contributed by atoms with E-state index in [1.54, 1.807) is 13.0 Å². The summed E-state index contributed by atoms with van der Waals surface area (Å²) in [6, 6.07) is 10.2. The Kier molecular flexibility index (Phi) is 3.51. The molecule has 0 aliphatic rings. The number of rotatable bonds is 2. The minimum absolute atomic E-state index is 0.0410. The zero-order chi connectivity index (χ0) is 14.0. The second-order valence-electron chi connectivity index (χ2n) is 4.47. The maximum atomic E-state index is 13.9. The molecule has 0 saturated carbocycles. The molecule has 0 heterocycles. The number of hydrogen-bond donors (Lipinski definition) is 2. The molecule has 2 rings (SSSR count). The summed E-state index contributed by atoms with van der Waals surface area (Å²) in [5.41, 5.74) is 7.90. The zero-order valence-electron chi connectivity index (χ0n) is 10.8. The molecule has 0 fully saturated rings. The van der Waals surface area contributed by atoms with Gasteiger partial charge in [-0.2, -0.15) is 0 Å². The Hall–Kier alpha value is -2.36. The Bertz CT molecular complexity index is 638. The van der Waals surface area contributed by atoms with Crippen molar-refractivity contribution in [1.82, 2.24) is 0 Å². The van der Waals surface area contributed by atoms with Gasteiger partial charge in [-0.1, -0.05) is 18.2 Å². The molecule has 3 nitrogen and oxygen atoms in total. The lowest BCUT2D eigenvalue weighted by Gasteiger charge is -2.10. The first-order valence-electron chi connectivity index (χ1n) is 5.91. The normalized spacial score (nSPS) is 10.3. The Morgan fingerprint density at radius 2 is 1.84 bits per heavy atom. The van der Waals surface area contributed by atoms with Gasteiger partial charge in [-0.15, -0.1) is 0 Å². The Balaban J connectivity index is 2.33. The number of nitrogens with one attached hydrogen (secondary N) is 1. The van der Waals surface area contributed by atoms with Crippen molar-refractivity contribution in [3.63, 3.8) is 0 Å². The highest BCUT2D eigenvalue weighted by Crippen LogP contribution is 2.20. The van der Waals surface area contributed by atoms with Crippen molar-refractivity contribution in [3.05, 3.63) is 58.9 Å². The van der Waals surface area contributed by atoms with Crippen LogP contribution in [0.4, 0.5) is 15.8 Å². The van der Waals surface area contributed by atoms with Gasteiger partial charge in [-0.3, -0.25) is 4.79 Å². The Labute approximate surface area is 111 Å². The SMILES string of the molecule is Cc1ccccc1NC(=O)c1cc(N)cc(C)c1F. The Morgan fingerprint density at radius 1 is 1.16 bits per heavy atom. The molecule has 0 aromatic heterocycles. The summed E-state index contributed by atoms with van der Waals surface area (Å²) < 4.78 is 13.9. The second-order valence-corrected chi connectivity index (χ2v) is 4.47. The molecule has 0 atom stereocenters. The van der Waals surface area contributed by atoms with Crippen LogP contribution >= 0.6 is 0 Å². The van der Waals surface area contributed by atoms with Crippen LogP contribution < -0.4 is 11.1 Å². The van der Waals surface area contributed by atoms with Crippen molar-refractivity contribution in [1.29, 1.82) is 0 Å². The fourth-order valence-electron chi connectivity index (χ4n) is 1.87. The fraction of sp³-hybridized carbons (Fsp3) is 0.133. The molecule has 0 aliphatic carbocycles. The minimum Gasteiger partial charge on any atom is -0.399 e. The average Bonchev–Trinajstić information content (AvgIpc) is 2.36. The van der Waals surface area contributed by atoms with Crippen molar-refractivity contribution < 1.29 is 9.18 Å². The van der Waals surface area contributed by atoms with Gasteiger partial charge in [0, 0.05) is 11.4 Å².